The monoisotopic (exact) mass is 339 g/mol. The Kier molecular flexibility index (Phi) is 5.75. The van der Waals surface area contributed by atoms with Crippen LogP contribution in [0.25, 0.3) is 0 Å². The number of likely N-dealkylation sites (tertiary alicyclic amines) is 1. The van der Waals surface area contributed by atoms with E-state index in [-0.39, 0.29) is 30.1 Å². The summed E-state index contributed by atoms with van der Waals surface area (Å²) in [5, 5.41) is 2.73. The fraction of sp³-hybridized carbons (Fsp3) is 0.529. The number of halogens is 2. The van der Waals surface area contributed by atoms with Gasteiger partial charge in [-0.15, -0.1) is 0 Å². The topological polar surface area (TPSA) is 52.7 Å². The molecular formula is C17H23F2N3O2. The Hall–Kier alpha value is -2.18. The van der Waals surface area contributed by atoms with Gasteiger partial charge in [-0.3, -0.25) is 4.79 Å². The number of hydrogen-bond acceptors (Lipinski definition) is 2. The second kappa shape index (κ2) is 7.59. The van der Waals surface area contributed by atoms with Crippen LogP contribution in [0.5, 0.6) is 0 Å². The first kappa shape index (κ1) is 18.2. The quantitative estimate of drug-likeness (QED) is 0.916. The molecule has 1 aliphatic heterocycles. The Morgan fingerprint density at radius 2 is 2.12 bits per heavy atom. The van der Waals surface area contributed by atoms with E-state index >= 15 is 0 Å². The van der Waals surface area contributed by atoms with E-state index in [9.17, 15) is 18.4 Å². The number of benzene rings is 1. The Morgan fingerprint density at radius 3 is 2.75 bits per heavy atom. The van der Waals surface area contributed by atoms with Gasteiger partial charge in [0, 0.05) is 37.8 Å². The van der Waals surface area contributed by atoms with Crippen LogP contribution in [0.2, 0.25) is 0 Å². The van der Waals surface area contributed by atoms with Gasteiger partial charge in [0.15, 0.2) is 0 Å². The maximum Gasteiger partial charge on any atom is 0.318 e. The van der Waals surface area contributed by atoms with Crippen LogP contribution in [0.15, 0.2) is 18.2 Å². The molecule has 0 aliphatic carbocycles. The van der Waals surface area contributed by atoms with Crippen molar-refractivity contribution >= 4 is 11.9 Å². The van der Waals surface area contributed by atoms with Crippen molar-refractivity contribution in [2.45, 2.75) is 45.3 Å². The molecule has 1 N–H and O–H groups in total. The zero-order valence-electron chi connectivity index (χ0n) is 14.2. The van der Waals surface area contributed by atoms with E-state index in [2.05, 4.69) is 5.32 Å². The molecule has 24 heavy (non-hydrogen) atoms. The minimum absolute atomic E-state index is 0.0214. The fourth-order valence-electron chi connectivity index (χ4n) is 2.57. The van der Waals surface area contributed by atoms with E-state index in [4.69, 9.17) is 0 Å². The van der Waals surface area contributed by atoms with E-state index in [0.717, 1.165) is 6.07 Å². The summed E-state index contributed by atoms with van der Waals surface area (Å²) in [6, 6.07) is 2.42. The second-order valence-electron chi connectivity index (χ2n) is 6.34. The molecule has 1 atom stereocenters. The summed E-state index contributed by atoms with van der Waals surface area (Å²) >= 11 is 0. The molecule has 0 unspecified atom stereocenters. The predicted molar refractivity (Wildman–Crippen MR) is 86.2 cm³/mol. The van der Waals surface area contributed by atoms with Gasteiger partial charge >= 0.3 is 6.03 Å². The first-order valence-electron chi connectivity index (χ1n) is 8.05. The van der Waals surface area contributed by atoms with Crippen molar-refractivity contribution in [1.29, 1.82) is 0 Å². The number of amides is 3. The molecule has 1 heterocycles. The van der Waals surface area contributed by atoms with Crippen molar-refractivity contribution in [2.75, 3.05) is 13.6 Å². The highest BCUT2D eigenvalue weighted by Crippen LogP contribution is 2.18. The number of carbonyl (C=O) groups is 2. The number of urea groups is 1. The lowest BCUT2D eigenvalue weighted by Crippen LogP contribution is -2.55. The molecule has 5 nitrogen and oxygen atoms in total. The summed E-state index contributed by atoms with van der Waals surface area (Å²) in [6.45, 7) is 4.32. The molecule has 0 bridgehead atoms. The van der Waals surface area contributed by atoms with Crippen LogP contribution in [-0.4, -0.2) is 47.4 Å². The summed E-state index contributed by atoms with van der Waals surface area (Å²) in [5.41, 5.74) is 0.260. The predicted octanol–water partition coefficient (Wildman–Crippen LogP) is 2.51. The largest absolute Gasteiger partial charge is 0.336 e. The summed E-state index contributed by atoms with van der Waals surface area (Å²) in [7, 11) is 1.67. The van der Waals surface area contributed by atoms with E-state index in [1.54, 1.807) is 7.05 Å². The average Bonchev–Trinajstić information content (AvgIpc) is 2.52. The van der Waals surface area contributed by atoms with Crippen molar-refractivity contribution in [2.24, 2.45) is 0 Å². The molecule has 1 aromatic rings. The lowest BCUT2D eigenvalue weighted by Gasteiger charge is -2.34. The first-order chi connectivity index (χ1) is 11.3. The number of nitrogens with one attached hydrogen (secondary N) is 1. The van der Waals surface area contributed by atoms with E-state index < -0.39 is 17.7 Å². The zero-order chi connectivity index (χ0) is 17.9. The zero-order valence-corrected chi connectivity index (χ0v) is 14.2. The number of nitrogens with zero attached hydrogens (tertiary/aromatic N) is 2. The van der Waals surface area contributed by atoms with Crippen LogP contribution in [0.4, 0.5) is 13.6 Å². The Balaban J connectivity index is 2.03. The van der Waals surface area contributed by atoms with Gasteiger partial charge in [0.25, 0.3) is 0 Å². The van der Waals surface area contributed by atoms with Gasteiger partial charge in [0.1, 0.15) is 17.7 Å². The summed E-state index contributed by atoms with van der Waals surface area (Å²) in [5.74, 6) is -1.56. The van der Waals surface area contributed by atoms with Crippen LogP contribution >= 0.6 is 0 Å². The lowest BCUT2D eigenvalue weighted by molar-refractivity contribution is -0.136. The van der Waals surface area contributed by atoms with Crippen molar-refractivity contribution in [3.8, 4) is 0 Å². The smallest absolute Gasteiger partial charge is 0.318 e. The highest BCUT2D eigenvalue weighted by atomic mass is 19.1. The molecule has 1 saturated heterocycles. The second-order valence-corrected chi connectivity index (χ2v) is 6.34. The molecule has 1 fully saturated rings. The minimum atomic E-state index is -0.673. The van der Waals surface area contributed by atoms with Gasteiger partial charge in [-0.2, -0.15) is 0 Å². The number of rotatable bonds is 4. The van der Waals surface area contributed by atoms with Crippen LogP contribution < -0.4 is 5.32 Å². The molecule has 0 saturated carbocycles. The molecule has 0 radical (unpaired) electrons. The fourth-order valence-corrected chi connectivity index (χ4v) is 2.57. The third kappa shape index (κ3) is 4.21. The van der Waals surface area contributed by atoms with E-state index in [0.29, 0.717) is 19.4 Å². The van der Waals surface area contributed by atoms with Gasteiger partial charge in [-0.25, -0.2) is 13.6 Å². The standard InChI is InChI=1S/C17H23F2N3O2/c1-11(2)21(3)17(24)20-15-5-4-8-22(16(15)23)10-12-6-7-13(18)9-14(12)19/h6-7,9,11,15H,4-5,8,10H2,1-3H3,(H,20,24)/t15-/m1/s1. The molecule has 2 rings (SSSR count). The van der Waals surface area contributed by atoms with Gasteiger partial charge in [0.05, 0.1) is 0 Å². The molecule has 0 aromatic heterocycles. The van der Waals surface area contributed by atoms with Crippen LogP contribution in [0.1, 0.15) is 32.3 Å². The van der Waals surface area contributed by atoms with Gasteiger partial charge in [-0.1, -0.05) is 6.07 Å². The van der Waals surface area contributed by atoms with E-state index in [1.807, 2.05) is 13.8 Å². The van der Waals surface area contributed by atoms with Crippen molar-refractivity contribution in [1.82, 2.24) is 15.1 Å². The van der Waals surface area contributed by atoms with Crippen LogP contribution in [0.3, 0.4) is 0 Å². The Morgan fingerprint density at radius 1 is 1.42 bits per heavy atom. The molecular weight excluding hydrogens is 316 g/mol. The third-order valence-corrected chi connectivity index (χ3v) is 4.30. The van der Waals surface area contributed by atoms with Crippen molar-refractivity contribution in [3.05, 3.63) is 35.4 Å². The van der Waals surface area contributed by atoms with Crippen LogP contribution in [0, 0.1) is 11.6 Å². The Labute approximate surface area is 140 Å². The molecule has 0 spiro atoms. The minimum Gasteiger partial charge on any atom is -0.336 e. The molecule has 7 heteroatoms. The first-order valence-corrected chi connectivity index (χ1v) is 8.05. The molecule has 3 amide bonds. The van der Waals surface area contributed by atoms with Gasteiger partial charge in [0.2, 0.25) is 5.91 Å². The number of carbonyl (C=O) groups excluding carboxylic acids is 2. The summed E-state index contributed by atoms with van der Waals surface area (Å²) in [4.78, 5) is 27.6. The van der Waals surface area contributed by atoms with E-state index in [1.165, 1.54) is 21.9 Å². The van der Waals surface area contributed by atoms with Crippen molar-refractivity contribution in [3.63, 3.8) is 0 Å². The van der Waals surface area contributed by atoms with Gasteiger partial charge in [-0.05, 0) is 32.8 Å². The maximum atomic E-state index is 13.8. The maximum absolute atomic E-state index is 13.8. The lowest BCUT2D eigenvalue weighted by atomic mass is 10.0. The SMILES string of the molecule is CC(C)N(C)C(=O)N[C@@H]1CCCN(Cc2ccc(F)cc2F)C1=O. The highest BCUT2D eigenvalue weighted by molar-refractivity contribution is 5.87. The highest BCUT2D eigenvalue weighted by Gasteiger charge is 2.31. The van der Waals surface area contributed by atoms with Crippen molar-refractivity contribution < 1.29 is 18.4 Å². The summed E-state index contributed by atoms with van der Waals surface area (Å²) < 4.78 is 26.8. The number of piperidine rings is 1. The molecule has 1 aliphatic rings. The summed E-state index contributed by atoms with van der Waals surface area (Å²) in [6.07, 6.45) is 1.27. The number of hydrogen-bond donors (Lipinski definition) is 1. The molecule has 132 valence electrons. The van der Waals surface area contributed by atoms with Crippen LogP contribution in [-0.2, 0) is 11.3 Å². The van der Waals surface area contributed by atoms with Gasteiger partial charge < -0.3 is 15.1 Å². The Bertz CT molecular complexity index is 622. The third-order valence-electron chi connectivity index (χ3n) is 4.30. The normalized spacial score (nSPS) is 18.0. The average molecular weight is 339 g/mol. The molecule has 1 aromatic carbocycles.